The summed E-state index contributed by atoms with van der Waals surface area (Å²) >= 11 is 5.78. The zero-order valence-corrected chi connectivity index (χ0v) is 9.15. The number of benzene rings is 1. The number of aromatic nitrogens is 2. The fourth-order valence-electron chi connectivity index (χ4n) is 1.23. The zero-order chi connectivity index (χ0) is 11.4. The Morgan fingerprint density at radius 1 is 1.31 bits per heavy atom. The van der Waals surface area contributed by atoms with Crippen LogP contribution in [0.2, 0.25) is 5.02 Å². The summed E-state index contributed by atoms with van der Waals surface area (Å²) in [5.74, 6) is 0.0757. The van der Waals surface area contributed by atoms with E-state index in [1.807, 2.05) is 0 Å². The lowest BCUT2D eigenvalue weighted by Crippen LogP contribution is -2.01. The largest absolute Gasteiger partial charge is 0.506 e. The maximum Gasteiger partial charge on any atom is 0.134 e. The number of hydrogen-bond acceptors (Lipinski definition) is 4. The average Bonchev–Trinajstić information content (AvgIpc) is 2.32. The minimum Gasteiger partial charge on any atom is -0.506 e. The lowest BCUT2D eigenvalue weighted by atomic mass is 10.3. The van der Waals surface area contributed by atoms with Crippen LogP contribution in [0.4, 0.5) is 5.69 Å². The van der Waals surface area contributed by atoms with E-state index in [0.717, 1.165) is 11.4 Å². The Labute approximate surface area is 97.9 Å². The van der Waals surface area contributed by atoms with E-state index in [-0.39, 0.29) is 5.75 Å². The number of phenols is 1. The first-order valence-corrected chi connectivity index (χ1v) is 5.11. The Hall–Kier alpha value is -1.81. The van der Waals surface area contributed by atoms with Gasteiger partial charge in [-0.1, -0.05) is 11.6 Å². The molecule has 82 valence electrons. The van der Waals surface area contributed by atoms with Crippen molar-refractivity contribution in [1.82, 2.24) is 9.97 Å². The van der Waals surface area contributed by atoms with Crippen LogP contribution < -0.4 is 5.32 Å². The first kappa shape index (κ1) is 10.7. The molecule has 1 aromatic heterocycles. The molecule has 0 saturated heterocycles. The molecule has 0 bridgehead atoms. The zero-order valence-electron chi connectivity index (χ0n) is 8.39. The molecule has 0 fully saturated rings. The first-order chi connectivity index (χ1) is 7.75. The first-order valence-electron chi connectivity index (χ1n) is 4.73. The topological polar surface area (TPSA) is 58.0 Å². The standard InChI is InChI=1S/C11H10ClN3O/c12-10-5-8(1-2-11(10)16)15-7-9-6-13-3-4-14-9/h1-6,15-16H,7H2. The Balaban J connectivity index is 2.03. The van der Waals surface area contributed by atoms with Crippen LogP contribution in [0.25, 0.3) is 0 Å². The molecule has 2 N–H and O–H groups in total. The van der Waals surface area contributed by atoms with Gasteiger partial charge in [0.1, 0.15) is 5.75 Å². The van der Waals surface area contributed by atoms with Gasteiger partial charge in [0.25, 0.3) is 0 Å². The molecule has 2 rings (SSSR count). The van der Waals surface area contributed by atoms with Crippen molar-refractivity contribution in [2.45, 2.75) is 6.54 Å². The summed E-state index contributed by atoms with van der Waals surface area (Å²) in [5.41, 5.74) is 1.67. The molecule has 0 spiro atoms. The van der Waals surface area contributed by atoms with Crippen molar-refractivity contribution in [3.63, 3.8) is 0 Å². The summed E-state index contributed by atoms with van der Waals surface area (Å²) < 4.78 is 0. The van der Waals surface area contributed by atoms with Gasteiger partial charge in [-0.2, -0.15) is 0 Å². The van der Waals surface area contributed by atoms with E-state index in [0.29, 0.717) is 11.6 Å². The molecule has 4 nitrogen and oxygen atoms in total. The molecule has 0 aliphatic rings. The van der Waals surface area contributed by atoms with Crippen molar-refractivity contribution in [2.75, 3.05) is 5.32 Å². The summed E-state index contributed by atoms with van der Waals surface area (Å²) in [6.07, 6.45) is 4.96. The summed E-state index contributed by atoms with van der Waals surface area (Å²) in [6, 6.07) is 4.95. The maximum atomic E-state index is 9.25. The minimum atomic E-state index is 0.0757. The third kappa shape index (κ3) is 2.61. The highest BCUT2D eigenvalue weighted by atomic mass is 35.5. The third-order valence-corrected chi connectivity index (χ3v) is 2.34. The van der Waals surface area contributed by atoms with E-state index in [1.54, 1.807) is 36.8 Å². The molecule has 0 aliphatic carbocycles. The monoisotopic (exact) mass is 235 g/mol. The van der Waals surface area contributed by atoms with Crippen LogP contribution >= 0.6 is 11.6 Å². The lowest BCUT2D eigenvalue weighted by Gasteiger charge is -2.06. The van der Waals surface area contributed by atoms with Gasteiger partial charge in [-0.15, -0.1) is 0 Å². The molecule has 0 unspecified atom stereocenters. The molecule has 2 aromatic rings. The molecule has 0 atom stereocenters. The van der Waals surface area contributed by atoms with Crippen molar-refractivity contribution in [3.05, 3.63) is 47.5 Å². The second kappa shape index (κ2) is 4.81. The van der Waals surface area contributed by atoms with Gasteiger partial charge >= 0.3 is 0 Å². The van der Waals surface area contributed by atoms with Crippen molar-refractivity contribution >= 4 is 17.3 Å². The quantitative estimate of drug-likeness (QED) is 0.803. The summed E-state index contributed by atoms with van der Waals surface area (Å²) in [7, 11) is 0. The smallest absolute Gasteiger partial charge is 0.134 e. The minimum absolute atomic E-state index is 0.0757. The van der Waals surface area contributed by atoms with Crippen LogP contribution in [-0.2, 0) is 6.54 Å². The highest BCUT2D eigenvalue weighted by molar-refractivity contribution is 6.32. The van der Waals surface area contributed by atoms with Crippen molar-refractivity contribution in [1.29, 1.82) is 0 Å². The van der Waals surface area contributed by atoms with E-state index in [4.69, 9.17) is 11.6 Å². The molecule has 0 radical (unpaired) electrons. The highest BCUT2D eigenvalue weighted by Gasteiger charge is 2.00. The Kier molecular flexibility index (Phi) is 3.22. The Morgan fingerprint density at radius 3 is 2.88 bits per heavy atom. The molecular weight excluding hydrogens is 226 g/mol. The van der Waals surface area contributed by atoms with Crippen LogP contribution in [0.5, 0.6) is 5.75 Å². The number of rotatable bonds is 3. The average molecular weight is 236 g/mol. The molecule has 16 heavy (non-hydrogen) atoms. The summed E-state index contributed by atoms with van der Waals surface area (Å²) in [6.45, 7) is 0.564. The van der Waals surface area contributed by atoms with Crippen molar-refractivity contribution in [2.24, 2.45) is 0 Å². The molecular formula is C11H10ClN3O. The van der Waals surface area contributed by atoms with E-state index in [2.05, 4.69) is 15.3 Å². The van der Waals surface area contributed by atoms with E-state index >= 15 is 0 Å². The molecule has 0 amide bonds. The number of nitrogens with one attached hydrogen (secondary N) is 1. The van der Waals surface area contributed by atoms with Gasteiger partial charge in [-0.05, 0) is 18.2 Å². The van der Waals surface area contributed by atoms with Gasteiger partial charge in [-0.25, -0.2) is 0 Å². The second-order valence-corrected chi connectivity index (χ2v) is 3.62. The summed E-state index contributed by atoms with van der Waals surface area (Å²) in [5, 5.41) is 12.7. The number of hydrogen-bond donors (Lipinski definition) is 2. The molecule has 0 aliphatic heterocycles. The Bertz CT molecular complexity index is 476. The molecule has 5 heteroatoms. The molecule has 1 aromatic carbocycles. The number of anilines is 1. The van der Waals surface area contributed by atoms with E-state index in [9.17, 15) is 5.11 Å². The van der Waals surface area contributed by atoms with Gasteiger partial charge in [0.2, 0.25) is 0 Å². The van der Waals surface area contributed by atoms with Gasteiger partial charge < -0.3 is 10.4 Å². The Morgan fingerprint density at radius 2 is 2.19 bits per heavy atom. The van der Waals surface area contributed by atoms with Gasteiger partial charge in [0.05, 0.1) is 23.5 Å². The van der Waals surface area contributed by atoms with Crippen LogP contribution in [0.3, 0.4) is 0 Å². The predicted octanol–water partition coefficient (Wildman–Crippen LogP) is 2.45. The number of aromatic hydroxyl groups is 1. The van der Waals surface area contributed by atoms with Gasteiger partial charge in [0.15, 0.2) is 0 Å². The second-order valence-electron chi connectivity index (χ2n) is 3.22. The molecule has 1 heterocycles. The fourth-order valence-corrected chi connectivity index (χ4v) is 1.41. The highest BCUT2D eigenvalue weighted by Crippen LogP contribution is 2.26. The summed E-state index contributed by atoms with van der Waals surface area (Å²) in [4.78, 5) is 8.09. The van der Waals surface area contributed by atoms with E-state index in [1.165, 1.54) is 0 Å². The van der Waals surface area contributed by atoms with Crippen molar-refractivity contribution in [3.8, 4) is 5.75 Å². The van der Waals surface area contributed by atoms with Crippen molar-refractivity contribution < 1.29 is 5.11 Å². The third-order valence-electron chi connectivity index (χ3n) is 2.04. The SMILES string of the molecule is Oc1ccc(NCc2cnccn2)cc1Cl. The number of nitrogens with zero attached hydrogens (tertiary/aromatic N) is 2. The fraction of sp³-hybridized carbons (Fsp3) is 0.0909. The van der Waals surface area contributed by atoms with Crippen LogP contribution in [-0.4, -0.2) is 15.1 Å². The number of phenolic OH excluding ortho intramolecular Hbond substituents is 1. The van der Waals surface area contributed by atoms with Gasteiger partial charge in [-0.3, -0.25) is 9.97 Å². The van der Waals surface area contributed by atoms with Crippen LogP contribution in [0.15, 0.2) is 36.8 Å². The molecule has 0 saturated carbocycles. The van der Waals surface area contributed by atoms with Gasteiger partial charge in [0, 0.05) is 18.1 Å². The predicted molar refractivity (Wildman–Crippen MR) is 62.5 cm³/mol. The van der Waals surface area contributed by atoms with Crippen LogP contribution in [0.1, 0.15) is 5.69 Å². The normalized spacial score (nSPS) is 10.1. The number of halogens is 1. The lowest BCUT2D eigenvalue weighted by molar-refractivity contribution is 0.475. The van der Waals surface area contributed by atoms with E-state index < -0.39 is 0 Å². The maximum absolute atomic E-state index is 9.25. The van der Waals surface area contributed by atoms with Crippen LogP contribution in [0, 0.1) is 0 Å².